The first-order valence-electron chi connectivity index (χ1n) is 7.05. The summed E-state index contributed by atoms with van der Waals surface area (Å²) in [6, 6.07) is 13.9. The van der Waals surface area contributed by atoms with Crippen LogP contribution in [0.5, 0.6) is 5.88 Å². The van der Waals surface area contributed by atoms with E-state index in [0.717, 1.165) is 10.4 Å². The molecule has 0 fully saturated rings. The molecule has 0 saturated carbocycles. The third kappa shape index (κ3) is 3.55. The first-order chi connectivity index (χ1) is 11.5. The highest BCUT2D eigenvalue weighted by molar-refractivity contribution is 7.94. The van der Waals surface area contributed by atoms with Gasteiger partial charge >= 0.3 is 0 Å². The molecule has 0 spiro atoms. The molecule has 0 aliphatic heterocycles. The molecule has 2 heterocycles. The molecular formula is C16H15N3O3S2. The first-order valence-corrected chi connectivity index (χ1v) is 9.35. The number of methoxy groups -OCH3 is 1. The summed E-state index contributed by atoms with van der Waals surface area (Å²) in [6.07, 6.45) is 0. The summed E-state index contributed by atoms with van der Waals surface area (Å²) < 4.78 is 32.4. The van der Waals surface area contributed by atoms with Crippen LogP contribution in [0.25, 0.3) is 11.3 Å². The van der Waals surface area contributed by atoms with Crippen LogP contribution in [0.1, 0.15) is 4.88 Å². The molecule has 0 atom stereocenters. The number of ether oxygens (including phenoxy) is 1. The molecule has 24 heavy (non-hydrogen) atoms. The Morgan fingerprint density at radius 2 is 1.75 bits per heavy atom. The fraction of sp³-hybridized carbons (Fsp3) is 0.125. The Bertz CT molecular complexity index is 933. The quantitative estimate of drug-likeness (QED) is 0.754. The van der Waals surface area contributed by atoms with Gasteiger partial charge in [-0.3, -0.25) is 4.72 Å². The van der Waals surface area contributed by atoms with Gasteiger partial charge < -0.3 is 4.74 Å². The predicted molar refractivity (Wildman–Crippen MR) is 93.9 cm³/mol. The van der Waals surface area contributed by atoms with Gasteiger partial charge in [0.15, 0.2) is 0 Å². The molecule has 0 radical (unpaired) electrons. The van der Waals surface area contributed by atoms with Gasteiger partial charge in [-0.2, -0.15) is 0 Å². The lowest BCUT2D eigenvalue weighted by Gasteiger charge is -2.07. The number of nitrogens with zero attached hydrogens (tertiary/aromatic N) is 2. The zero-order valence-corrected chi connectivity index (χ0v) is 14.7. The summed E-state index contributed by atoms with van der Waals surface area (Å²) in [5, 5.41) is 7.98. The van der Waals surface area contributed by atoms with Gasteiger partial charge in [-0.25, -0.2) is 8.42 Å². The van der Waals surface area contributed by atoms with Gasteiger partial charge in [0.1, 0.15) is 4.21 Å². The van der Waals surface area contributed by atoms with Crippen LogP contribution in [0.2, 0.25) is 0 Å². The third-order valence-electron chi connectivity index (χ3n) is 3.26. The van der Waals surface area contributed by atoms with E-state index in [0.29, 0.717) is 21.5 Å². The Kier molecular flexibility index (Phi) is 4.50. The Morgan fingerprint density at radius 3 is 2.29 bits per heavy atom. The number of sulfonamides is 1. The average Bonchev–Trinajstić information content (AvgIpc) is 3.03. The van der Waals surface area contributed by atoms with Crippen molar-refractivity contribution < 1.29 is 13.2 Å². The van der Waals surface area contributed by atoms with E-state index in [-0.39, 0.29) is 0 Å². The van der Waals surface area contributed by atoms with Gasteiger partial charge in [-0.05, 0) is 37.3 Å². The van der Waals surface area contributed by atoms with Crippen LogP contribution in [0.4, 0.5) is 5.69 Å². The lowest BCUT2D eigenvalue weighted by atomic mass is 10.1. The van der Waals surface area contributed by atoms with Gasteiger partial charge in [0, 0.05) is 22.2 Å². The van der Waals surface area contributed by atoms with Crippen LogP contribution in [0, 0.1) is 6.92 Å². The summed E-state index contributed by atoms with van der Waals surface area (Å²) in [6.45, 7) is 1.87. The molecule has 1 aromatic carbocycles. The van der Waals surface area contributed by atoms with Crippen molar-refractivity contribution in [1.29, 1.82) is 0 Å². The maximum absolute atomic E-state index is 12.3. The number of thiophene rings is 1. The Labute approximate surface area is 144 Å². The summed E-state index contributed by atoms with van der Waals surface area (Å²) in [5.74, 6) is 0.439. The van der Waals surface area contributed by atoms with E-state index in [9.17, 15) is 8.42 Å². The third-order valence-corrected chi connectivity index (χ3v) is 6.14. The molecule has 0 saturated heterocycles. The lowest BCUT2D eigenvalue weighted by Crippen LogP contribution is -2.11. The minimum absolute atomic E-state index is 0.296. The SMILES string of the molecule is COc1ccc(-c2ccc(NS(=O)(=O)c3ccc(C)s3)cc2)nn1. The van der Waals surface area contributed by atoms with Gasteiger partial charge in [0.05, 0.1) is 12.8 Å². The topological polar surface area (TPSA) is 81.2 Å². The monoisotopic (exact) mass is 361 g/mol. The van der Waals surface area contributed by atoms with E-state index in [2.05, 4.69) is 14.9 Å². The molecule has 124 valence electrons. The summed E-state index contributed by atoms with van der Waals surface area (Å²) >= 11 is 1.24. The number of rotatable bonds is 5. The molecule has 0 bridgehead atoms. The normalized spacial score (nSPS) is 11.2. The second-order valence-corrected chi connectivity index (χ2v) is 8.21. The summed E-state index contributed by atoms with van der Waals surface area (Å²) in [5.41, 5.74) is 2.01. The van der Waals surface area contributed by atoms with Crippen LogP contribution >= 0.6 is 11.3 Å². The zero-order valence-electron chi connectivity index (χ0n) is 13.1. The van der Waals surface area contributed by atoms with Gasteiger partial charge in [0.2, 0.25) is 5.88 Å². The maximum atomic E-state index is 12.3. The van der Waals surface area contributed by atoms with Crippen LogP contribution in [-0.2, 0) is 10.0 Å². The number of hydrogen-bond acceptors (Lipinski definition) is 6. The Balaban J connectivity index is 1.79. The average molecular weight is 361 g/mol. The Morgan fingerprint density at radius 1 is 1.00 bits per heavy atom. The van der Waals surface area contributed by atoms with Crippen molar-refractivity contribution in [1.82, 2.24) is 10.2 Å². The second kappa shape index (κ2) is 6.58. The number of hydrogen-bond donors (Lipinski definition) is 1. The van der Waals surface area contributed by atoms with E-state index in [1.807, 2.05) is 6.92 Å². The number of aromatic nitrogens is 2. The van der Waals surface area contributed by atoms with Crippen molar-refractivity contribution in [3.8, 4) is 17.1 Å². The molecule has 0 aliphatic rings. The van der Waals surface area contributed by atoms with Crippen molar-refractivity contribution in [2.45, 2.75) is 11.1 Å². The summed E-state index contributed by atoms with van der Waals surface area (Å²) in [7, 11) is -2.03. The van der Waals surface area contributed by atoms with Crippen LogP contribution in [0.15, 0.2) is 52.7 Å². The Hall–Kier alpha value is -2.45. The van der Waals surface area contributed by atoms with Crippen molar-refractivity contribution in [3.05, 3.63) is 53.4 Å². The number of anilines is 1. The van der Waals surface area contributed by atoms with Crippen LogP contribution < -0.4 is 9.46 Å². The fourth-order valence-corrected chi connectivity index (χ4v) is 4.40. The largest absolute Gasteiger partial charge is 0.480 e. The van der Waals surface area contributed by atoms with Crippen molar-refractivity contribution in [3.63, 3.8) is 0 Å². The number of aryl methyl sites for hydroxylation is 1. The zero-order chi connectivity index (χ0) is 17.2. The van der Waals surface area contributed by atoms with E-state index in [1.165, 1.54) is 18.4 Å². The van der Waals surface area contributed by atoms with E-state index >= 15 is 0 Å². The number of benzene rings is 1. The molecular weight excluding hydrogens is 346 g/mol. The maximum Gasteiger partial charge on any atom is 0.271 e. The van der Waals surface area contributed by atoms with E-state index in [4.69, 9.17) is 4.74 Å². The van der Waals surface area contributed by atoms with Crippen molar-refractivity contribution in [2.75, 3.05) is 11.8 Å². The molecule has 0 unspecified atom stereocenters. The molecule has 0 aliphatic carbocycles. The van der Waals surface area contributed by atoms with Gasteiger partial charge in [0.25, 0.3) is 10.0 Å². The molecule has 3 rings (SSSR count). The molecule has 2 aromatic heterocycles. The summed E-state index contributed by atoms with van der Waals surface area (Å²) in [4.78, 5) is 0.948. The van der Waals surface area contributed by atoms with Crippen molar-refractivity contribution in [2.24, 2.45) is 0 Å². The first kappa shape index (κ1) is 16.4. The fourth-order valence-electron chi connectivity index (χ4n) is 2.05. The molecule has 6 nitrogen and oxygen atoms in total. The smallest absolute Gasteiger partial charge is 0.271 e. The minimum atomic E-state index is -3.55. The number of nitrogens with one attached hydrogen (secondary N) is 1. The molecule has 8 heteroatoms. The standard InChI is InChI=1S/C16H15N3O3S2/c1-11-3-10-16(23-11)24(20,21)19-13-6-4-12(5-7-13)14-8-9-15(22-2)18-17-14/h3-10,19H,1-2H3. The lowest BCUT2D eigenvalue weighted by molar-refractivity contribution is 0.392. The molecule has 1 N–H and O–H groups in total. The molecule has 0 amide bonds. The van der Waals surface area contributed by atoms with Crippen LogP contribution in [-0.4, -0.2) is 25.7 Å². The van der Waals surface area contributed by atoms with Gasteiger partial charge in [-0.15, -0.1) is 21.5 Å². The highest BCUT2D eigenvalue weighted by Crippen LogP contribution is 2.25. The van der Waals surface area contributed by atoms with E-state index < -0.39 is 10.0 Å². The predicted octanol–water partition coefficient (Wildman–Crippen LogP) is 3.32. The molecule has 3 aromatic rings. The minimum Gasteiger partial charge on any atom is -0.480 e. The highest BCUT2D eigenvalue weighted by atomic mass is 32.2. The highest BCUT2D eigenvalue weighted by Gasteiger charge is 2.16. The van der Waals surface area contributed by atoms with Crippen LogP contribution in [0.3, 0.4) is 0 Å². The van der Waals surface area contributed by atoms with Crippen molar-refractivity contribution >= 4 is 27.0 Å². The second-order valence-electron chi connectivity index (χ2n) is 5.01. The van der Waals surface area contributed by atoms with Gasteiger partial charge in [-0.1, -0.05) is 12.1 Å². The van der Waals surface area contributed by atoms with E-state index in [1.54, 1.807) is 48.5 Å².